The van der Waals surface area contributed by atoms with Crippen molar-refractivity contribution >= 4 is 17.8 Å². The molecule has 0 radical (unpaired) electrons. The predicted octanol–water partition coefficient (Wildman–Crippen LogP) is 0.665. The molecular formula is C7H11N3O3. The van der Waals surface area contributed by atoms with Crippen LogP contribution in [-0.2, 0) is 4.74 Å². The van der Waals surface area contributed by atoms with Crippen LogP contribution in [0.2, 0.25) is 0 Å². The molecule has 0 bridgehead atoms. The number of aliphatic imine (C=N–C) groups is 1. The molecule has 1 heterocycles. The van der Waals surface area contributed by atoms with E-state index in [1.165, 1.54) is 4.90 Å². The smallest absolute Gasteiger partial charge is 0.415 e. The van der Waals surface area contributed by atoms with Gasteiger partial charge in [-0.15, -0.1) is 0 Å². The Labute approximate surface area is 75.5 Å². The number of oxime groups is 1. The predicted molar refractivity (Wildman–Crippen MR) is 46.1 cm³/mol. The Morgan fingerprint density at radius 3 is 3.00 bits per heavy atom. The van der Waals surface area contributed by atoms with E-state index in [9.17, 15) is 4.79 Å². The molecule has 13 heavy (non-hydrogen) atoms. The third kappa shape index (κ3) is 1.95. The average Bonchev–Trinajstić information content (AvgIpc) is 2.47. The van der Waals surface area contributed by atoms with Gasteiger partial charge in [0.15, 0.2) is 5.84 Å². The highest BCUT2D eigenvalue weighted by molar-refractivity contribution is 6.09. The maximum Gasteiger partial charge on any atom is 0.415 e. The highest BCUT2D eigenvalue weighted by Crippen LogP contribution is 2.05. The summed E-state index contributed by atoms with van der Waals surface area (Å²) in [4.78, 5) is 16.3. The van der Waals surface area contributed by atoms with Crippen LogP contribution in [0, 0.1) is 0 Å². The monoisotopic (exact) mass is 185 g/mol. The first kappa shape index (κ1) is 9.50. The van der Waals surface area contributed by atoms with Gasteiger partial charge in [-0.25, -0.2) is 9.79 Å². The van der Waals surface area contributed by atoms with Crippen LogP contribution in [0.3, 0.4) is 0 Å². The van der Waals surface area contributed by atoms with Crippen molar-refractivity contribution in [1.29, 1.82) is 0 Å². The molecule has 0 spiro atoms. The summed E-state index contributed by atoms with van der Waals surface area (Å²) in [6.45, 7) is 3.85. The van der Waals surface area contributed by atoms with Crippen molar-refractivity contribution in [3.8, 4) is 0 Å². The second-order valence-electron chi connectivity index (χ2n) is 2.46. The first-order chi connectivity index (χ1) is 6.19. The number of rotatable bonds is 1. The van der Waals surface area contributed by atoms with Gasteiger partial charge >= 0.3 is 6.09 Å². The summed E-state index contributed by atoms with van der Waals surface area (Å²) < 4.78 is 4.76. The van der Waals surface area contributed by atoms with Gasteiger partial charge in [-0.3, -0.25) is 4.90 Å². The van der Waals surface area contributed by atoms with Gasteiger partial charge in [0.05, 0.1) is 13.2 Å². The van der Waals surface area contributed by atoms with E-state index in [1.54, 1.807) is 13.8 Å². The summed E-state index contributed by atoms with van der Waals surface area (Å²) in [7, 11) is 0. The minimum Gasteiger partial charge on any atom is -0.449 e. The van der Waals surface area contributed by atoms with Crippen molar-refractivity contribution < 1.29 is 14.7 Å². The zero-order valence-electron chi connectivity index (χ0n) is 7.52. The number of ether oxygens (including phenoxy) is 1. The van der Waals surface area contributed by atoms with Gasteiger partial charge in [-0.05, 0) is 13.8 Å². The van der Waals surface area contributed by atoms with Gasteiger partial charge in [-0.1, -0.05) is 5.16 Å². The Balaban J connectivity index is 2.66. The van der Waals surface area contributed by atoms with Gasteiger partial charge in [0.25, 0.3) is 0 Å². The molecule has 0 unspecified atom stereocenters. The number of nitrogens with zero attached hydrogens (tertiary/aromatic N) is 3. The Morgan fingerprint density at radius 1 is 1.85 bits per heavy atom. The van der Waals surface area contributed by atoms with Crippen LogP contribution in [0.4, 0.5) is 4.79 Å². The molecule has 0 saturated heterocycles. The molecule has 1 rings (SSSR count). The summed E-state index contributed by atoms with van der Waals surface area (Å²) in [6, 6.07) is 0. The van der Waals surface area contributed by atoms with Crippen molar-refractivity contribution in [3.63, 3.8) is 0 Å². The van der Waals surface area contributed by atoms with Crippen LogP contribution < -0.4 is 0 Å². The fourth-order valence-electron chi connectivity index (χ4n) is 0.990. The topological polar surface area (TPSA) is 74.5 Å². The molecule has 0 aromatic carbocycles. The number of hydrogen-bond acceptors (Lipinski definition) is 4. The summed E-state index contributed by atoms with van der Waals surface area (Å²) in [5.41, 5.74) is 0. The third-order valence-corrected chi connectivity index (χ3v) is 1.58. The van der Waals surface area contributed by atoms with E-state index in [2.05, 4.69) is 10.1 Å². The van der Waals surface area contributed by atoms with Gasteiger partial charge in [-0.2, -0.15) is 0 Å². The molecule has 1 aliphatic rings. The quantitative estimate of drug-likeness (QED) is 0.481. The largest absolute Gasteiger partial charge is 0.449 e. The highest BCUT2D eigenvalue weighted by atomic mass is 16.6. The van der Waals surface area contributed by atoms with E-state index in [1.807, 2.05) is 0 Å². The Kier molecular flexibility index (Phi) is 2.84. The SMILES string of the molecule is CCOC(=O)N1C/C(=N/O)N=C1C. The van der Waals surface area contributed by atoms with E-state index in [-0.39, 0.29) is 12.4 Å². The number of hydrogen-bond donors (Lipinski definition) is 1. The standard InChI is InChI=1S/C7H11N3O3/c1-3-13-7(11)10-4-6(9-12)8-5(10)2/h12H,3-4H2,1-2H3/b9-6-. The maximum atomic E-state index is 11.2. The van der Waals surface area contributed by atoms with E-state index >= 15 is 0 Å². The molecule has 0 fully saturated rings. The van der Waals surface area contributed by atoms with Crippen molar-refractivity contribution in [2.75, 3.05) is 13.2 Å². The second kappa shape index (κ2) is 3.88. The summed E-state index contributed by atoms with van der Waals surface area (Å²) in [5, 5.41) is 11.3. The van der Waals surface area contributed by atoms with Crippen molar-refractivity contribution in [1.82, 2.24) is 4.90 Å². The van der Waals surface area contributed by atoms with Crippen LogP contribution in [0.15, 0.2) is 10.1 Å². The van der Waals surface area contributed by atoms with Crippen LogP contribution in [-0.4, -0.2) is 41.0 Å². The number of amidine groups is 2. The zero-order chi connectivity index (χ0) is 9.84. The Bertz CT molecular complexity index is 272. The molecule has 6 nitrogen and oxygen atoms in total. The van der Waals surface area contributed by atoms with Gasteiger partial charge in [0.1, 0.15) is 5.84 Å². The lowest BCUT2D eigenvalue weighted by molar-refractivity contribution is 0.132. The summed E-state index contributed by atoms with van der Waals surface area (Å²) >= 11 is 0. The average molecular weight is 185 g/mol. The normalized spacial score (nSPS) is 19.1. The van der Waals surface area contributed by atoms with Crippen LogP contribution >= 0.6 is 0 Å². The highest BCUT2D eigenvalue weighted by Gasteiger charge is 2.25. The first-order valence-corrected chi connectivity index (χ1v) is 3.89. The molecule has 0 aliphatic carbocycles. The molecule has 6 heteroatoms. The van der Waals surface area contributed by atoms with Gasteiger partial charge in [0.2, 0.25) is 0 Å². The van der Waals surface area contributed by atoms with Gasteiger partial charge in [0, 0.05) is 0 Å². The lowest BCUT2D eigenvalue weighted by Crippen LogP contribution is -2.33. The third-order valence-electron chi connectivity index (χ3n) is 1.58. The minimum atomic E-state index is -0.470. The van der Waals surface area contributed by atoms with Crippen LogP contribution in [0.1, 0.15) is 13.8 Å². The summed E-state index contributed by atoms with van der Waals surface area (Å²) in [5.74, 6) is 0.691. The van der Waals surface area contributed by atoms with E-state index < -0.39 is 6.09 Å². The van der Waals surface area contributed by atoms with Crippen molar-refractivity contribution in [3.05, 3.63) is 0 Å². The lowest BCUT2D eigenvalue weighted by atomic mass is 10.5. The van der Waals surface area contributed by atoms with E-state index in [4.69, 9.17) is 9.94 Å². The molecule has 0 aromatic rings. The molecule has 0 atom stereocenters. The van der Waals surface area contributed by atoms with Crippen LogP contribution in [0.5, 0.6) is 0 Å². The number of carbonyl (C=O) groups is 1. The number of carbonyl (C=O) groups excluding carboxylic acids is 1. The summed E-state index contributed by atoms with van der Waals surface area (Å²) in [6.07, 6.45) is -0.470. The van der Waals surface area contributed by atoms with Gasteiger partial charge < -0.3 is 9.94 Å². The molecular weight excluding hydrogens is 174 g/mol. The van der Waals surface area contributed by atoms with Crippen LogP contribution in [0.25, 0.3) is 0 Å². The molecule has 0 aromatic heterocycles. The minimum absolute atomic E-state index is 0.168. The second-order valence-corrected chi connectivity index (χ2v) is 2.46. The number of amides is 1. The Morgan fingerprint density at radius 2 is 2.54 bits per heavy atom. The molecule has 1 N–H and O–H groups in total. The lowest BCUT2D eigenvalue weighted by Gasteiger charge is -2.13. The zero-order valence-corrected chi connectivity index (χ0v) is 7.52. The fourth-order valence-corrected chi connectivity index (χ4v) is 0.990. The molecule has 0 saturated carbocycles. The van der Waals surface area contributed by atoms with Crippen molar-refractivity contribution in [2.45, 2.75) is 13.8 Å². The first-order valence-electron chi connectivity index (χ1n) is 3.89. The maximum absolute atomic E-state index is 11.2. The fraction of sp³-hybridized carbons (Fsp3) is 0.571. The molecule has 1 aliphatic heterocycles. The van der Waals surface area contributed by atoms with E-state index in [0.29, 0.717) is 12.4 Å². The van der Waals surface area contributed by atoms with Crippen molar-refractivity contribution in [2.24, 2.45) is 10.1 Å². The molecule has 1 amide bonds. The molecule has 72 valence electrons. The Hall–Kier alpha value is -1.59. The van der Waals surface area contributed by atoms with E-state index in [0.717, 1.165) is 0 Å².